The number of aromatic amines is 1. The first-order valence-corrected chi connectivity index (χ1v) is 8.91. The van der Waals surface area contributed by atoms with Crippen molar-refractivity contribution in [2.24, 2.45) is 0 Å². The van der Waals surface area contributed by atoms with E-state index in [9.17, 15) is 4.79 Å². The van der Waals surface area contributed by atoms with Crippen LogP contribution >= 0.6 is 0 Å². The molecule has 1 amide bonds. The first-order chi connectivity index (χ1) is 13.2. The van der Waals surface area contributed by atoms with Crippen LogP contribution in [0.25, 0.3) is 22.1 Å². The van der Waals surface area contributed by atoms with Crippen molar-refractivity contribution >= 4 is 28.0 Å². The van der Waals surface area contributed by atoms with Crippen molar-refractivity contribution in [1.82, 2.24) is 39.3 Å². The van der Waals surface area contributed by atoms with Gasteiger partial charge in [0, 0.05) is 18.1 Å². The number of imidazole rings is 1. The van der Waals surface area contributed by atoms with Crippen LogP contribution in [0.3, 0.4) is 0 Å². The minimum atomic E-state index is 0.0272. The van der Waals surface area contributed by atoms with Gasteiger partial charge < -0.3 is 9.88 Å². The molecule has 0 saturated carbocycles. The smallest absolute Gasteiger partial charge is 0.245 e. The van der Waals surface area contributed by atoms with Crippen molar-refractivity contribution in [1.29, 1.82) is 0 Å². The van der Waals surface area contributed by atoms with Crippen LogP contribution in [0.4, 0.5) is 0 Å². The number of hydrogen-bond donors (Lipinski definition) is 1. The molecule has 1 aliphatic rings. The lowest BCUT2D eigenvalue weighted by Gasteiger charge is -2.26. The van der Waals surface area contributed by atoms with Gasteiger partial charge in [-0.3, -0.25) is 9.80 Å². The molecule has 1 N–H and O–H groups in total. The molecule has 138 valence electrons. The van der Waals surface area contributed by atoms with Crippen LogP contribution in [-0.4, -0.2) is 64.5 Å². The molecule has 1 atom stereocenters. The van der Waals surface area contributed by atoms with Crippen LogP contribution < -0.4 is 5.01 Å². The van der Waals surface area contributed by atoms with Gasteiger partial charge in [0.2, 0.25) is 5.91 Å². The summed E-state index contributed by atoms with van der Waals surface area (Å²) in [5.74, 6) is 0.0272. The fourth-order valence-corrected chi connectivity index (χ4v) is 3.70. The number of aromatic nitrogens is 7. The van der Waals surface area contributed by atoms with E-state index in [1.165, 1.54) is 6.33 Å². The van der Waals surface area contributed by atoms with Gasteiger partial charge in [-0.2, -0.15) is 5.10 Å². The summed E-state index contributed by atoms with van der Waals surface area (Å²) in [5.41, 5.74) is 2.67. The molecule has 1 aliphatic heterocycles. The minimum Gasteiger partial charge on any atom is -0.346 e. The van der Waals surface area contributed by atoms with Crippen molar-refractivity contribution in [2.45, 2.75) is 25.9 Å². The highest BCUT2D eigenvalue weighted by Gasteiger charge is 2.33. The lowest BCUT2D eigenvalue weighted by Crippen LogP contribution is -2.40. The third kappa shape index (κ3) is 2.52. The topological polar surface area (TPSA) is 101 Å². The summed E-state index contributed by atoms with van der Waals surface area (Å²) in [6, 6.07) is 2.22. The summed E-state index contributed by atoms with van der Waals surface area (Å²) in [7, 11) is 0. The van der Waals surface area contributed by atoms with E-state index in [1.807, 2.05) is 23.5 Å². The number of amides is 1. The van der Waals surface area contributed by atoms with E-state index < -0.39 is 0 Å². The van der Waals surface area contributed by atoms with E-state index in [-0.39, 0.29) is 18.5 Å². The van der Waals surface area contributed by atoms with E-state index in [4.69, 9.17) is 0 Å². The molecule has 1 fully saturated rings. The van der Waals surface area contributed by atoms with Crippen molar-refractivity contribution in [2.75, 3.05) is 18.2 Å². The molecule has 5 rings (SSSR count). The Kier molecular flexibility index (Phi) is 3.56. The molecule has 0 spiro atoms. The SMILES string of the molecule is CCC1CN(C(=O)Cn2cncn2)CN1n1cnc2cnc3[nH]ccc3c21. The molecule has 0 aromatic carbocycles. The number of carbonyl (C=O) groups is 1. The fraction of sp³-hybridized carbons (Fsp3) is 0.353. The molecular weight excluding hydrogens is 346 g/mol. The van der Waals surface area contributed by atoms with Crippen molar-refractivity contribution in [3.63, 3.8) is 0 Å². The second-order valence-corrected chi connectivity index (χ2v) is 6.67. The van der Waals surface area contributed by atoms with Gasteiger partial charge in [0.05, 0.1) is 12.2 Å². The second kappa shape index (κ2) is 6.08. The maximum absolute atomic E-state index is 12.7. The summed E-state index contributed by atoms with van der Waals surface area (Å²) in [4.78, 5) is 30.5. The number of rotatable bonds is 4. The van der Waals surface area contributed by atoms with Gasteiger partial charge >= 0.3 is 0 Å². The predicted octanol–water partition coefficient (Wildman–Crippen LogP) is 0.721. The van der Waals surface area contributed by atoms with Crippen LogP contribution in [-0.2, 0) is 11.3 Å². The summed E-state index contributed by atoms with van der Waals surface area (Å²) in [5, 5.41) is 7.24. The minimum absolute atomic E-state index is 0.0272. The Hall–Kier alpha value is -3.43. The maximum atomic E-state index is 12.7. The molecule has 27 heavy (non-hydrogen) atoms. The van der Waals surface area contributed by atoms with Crippen molar-refractivity contribution in [3.05, 3.63) is 37.4 Å². The summed E-state index contributed by atoms with van der Waals surface area (Å²) in [6.45, 7) is 3.51. The Labute approximate surface area is 154 Å². The predicted molar refractivity (Wildman–Crippen MR) is 98.3 cm³/mol. The average molecular weight is 365 g/mol. The number of fused-ring (bicyclic) bond motifs is 3. The van der Waals surface area contributed by atoms with E-state index in [2.05, 4.69) is 41.6 Å². The molecule has 0 radical (unpaired) electrons. The van der Waals surface area contributed by atoms with Gasteiger partial charge in [-0.1, -0.05) is 6.92 Å². The van der Waals surface area contributed by atoms with Crippen LogP contribution in [0, 0.1) is 0 Å². The lowest BCUT2D eigenvalue weighted by molar-refractivity contribution is -0.131. The third-order valence-corrected chi connectivity index (χ3v) is 5.11. The second-order valence-electron chi connectivity index (χ2n) is 6.67. The van der Waals surface area contributed by atoms with Crippen molar-refractivity contribution < 1.29 is 4.79 Å². The monoisotopic (exact) mass is 365 g/mol. The molecule has 0 aliphatic carbocycles. The maximum Gasteiger partial charge on any atom is 0.245 e. The van der Waals surface area contributed by atoms with Gasteiger partial charge in [0.1, 0.15) is 48.9 Å². The third-order valence-electron chi connectivity index (χ3n) is 5.11. The molecule has 1 unspecified atom stereocenters. The summed E-state index contributed by atoms with van der Waals surface area (Å²) < 4.78 is 3.61. The number of H-pyrrole nitrogens is 1. The van der Waals surface area contributed by atoms with E-state index >= 15 is 0 Å². The Morgan fingerprint density at radius 3 is 3.07 bits per heavy atom. The lowest BCUT2D eigenvalue weighted by atomic mass is 10.2. The molecule has 10 nitrogen and oxygen atoms in total. The number of nitrogens with one attached hydrogen (secondary N) is 1. The fourth-order valence-electron chi connectivity index (χ4n) is 3.70. The van der Waals surface area contributed by atoms with E-state index in [0.717, 1.165) is 28.5 Å². The van der Waals surface area contributed by atoms with Gasteiger partial charge in [-0.05, 0) is 12.5 Å². The highest BCUT2D eigenvalue weighted by Crippen LogP contribution is 2.25. The molecular formula is C17H19N9O. The molecule has 5 heterocycles. The average Bonchev–Trinajstić information content (AvgIpc) is 3.44. The summed E-state index contributed by atoms with van der Waals surface area (Å²) >= 11 is 0. The molecule has 4 aromatic rings. The van der Waals surface area contributed by atoms with Gasteiger partial charge in [0.15, 0.2) is 0 Å². The first-order valence-electron chi connectivity index (χ1n) is 8.91. The standard InChI is InChI=1S/C17H19N9O/c1-2-12-6-23(15(27)7-24-9-18-8-22-24)11-26(12)25-10-21-14-5-20-17-13(16(14)25)3-4-19-17/h3-5,8-10,12H,2,6-7,11H2,1H3,(H,19,20). The zero-order valence-corrected chi connectivity index (χ0v) is 14.9. The van der Waals surface area contributed by atoms with Gasteiger partial charge in [-0.25, -0.2) is 24.3 Å². The van der Waals surface area contributed by atoms with Crippen LogP contribution in [0.1, 0.15) is 13.3 Å². The molecule has 1 saturated heterocycles. The van der Waals surface area contributed by atoms with E-state index in [0.29, 0.717) is 13.2 Å². The number of nitrogens with zero attached hydrogens (tertiary/aromatic N) is 8. The largest absolute Gasteiger partial charge is 0.346 e. The highest BCUT2D eigenvalue weighted by molar-refractivity contribution is 6.01. The quantitative estimate of drug-likeness (QED) is 0.572. The number of pyridine rings is 1. The Balaban J connectivity index is 1.48. The Morgan fingerprint density at radius 2 is 2.26 bits per heavy atom. The molecule has 0 bridgehead atoms. The van der Waals surface area contributed by atoms with Gasteiger partial charge in [-0.15, -0.1) is 0 Å². The zero-order valence-electron chi connectivity index (χ0n) is 14.9. The number of hydrogen-bond acceptors (Lipinski definition) is 6. The Bertz CT molecular complexity index is 1100. The van der Waals surface area contributed by atoms with Gasteiger partial charge in [0.25, 0.3) is 0 Å². The highest BCUT2D eigenvalue weighted by atomic mass is 16.2. The van der Waals surface area contributed by atoms with E-state index in [1.54, 1.807) is 17.2 Å². The Morgan fingerprint density at radius 1 is 1.33 bits per heavy atom. The molecule has 10 heteroatoms. The summed E-state index contributed by atoms with van der Waals surface area (Å²) in [6.07, 6.45) is 9.38. The molecule has 4 aromatic heterocycles. The normalized spacial score (nSPS) is 17.4. The number of carbonyl (C=O) groups excluding carboxylic acids is 1. The van der Waals surface area contributed by atoms with Crippen LogP contribution in [0.15, 0.2) is 37.4 Å². The van der Waals surface area contributed by atoms with Crippen LogP contribution in [0.5, 0.6) is 0 Å². The van der Waals surface area contributed by atoms with Crippen molar-refractivity contribution in [3.8, 4) is 0 Å². The zero-order chi connectivity index (χ0) is 18.4. The first kappa shape index (κ1) is 15.8. The van der Waals surface area contributed by atoms with Crippen LogP contribution in [0.2, 0.25) is 0 Å².